The van der Waals surface area contributed by atoms with E-state index in [0.29, 0.717) is 12.0 Å². The van der Waals surface area contributed by atoms with Crippen LogP contribution in [0.3, 0.4) is 0 Å². The molecule has 0 atom stereocenters. The minimum absolute atomic E-state index is 0.488. The van der Waals surface area contributed by atoms with Gasteiger partial charge in [0.1, 0.15) is 0 Å². The molecular weight excluding hydrogens is 226 g/mol. The molecule has 0 bridgehead atoms. The topological polar surface area (TPSA) is 53.9 Å². The molecule has 100 valence electrons. The number of nitrogens with one attached hydrogen (secondary N) is 1. The minimum atomic E-state index is 0.488. The van der Waals surface area contributed by atoms with Gasteiger partial charge in [-0.15, -0.1) is 5.10 Å². The van der Waals surface area contributed by atoms with Crippen molar-refractivity contribution in [3.8, 4) is 0 Å². The van der Waals surface area contributed by atoms with Gasteiger partial charge >= 0.3 is 0 Å². The van der Waals surface area contributed by atoms with Gasteiger partial charge in [0.05, 0.1) is 11.4 Å². The van der Waals surface area contributed by atoms with E-state index < -0.39 is 0 Å². The van der Waals surface area contributed by atoms with Gasteiger partial charge in [-0.1, -0.05) is 6.92 Å². The van der Waals surface area contributed by atoms with E-state index in [2.05, 4.69) is 32.3 Å². The second kappa shape index (κ2) is 6.09. The van der Waals surface area contributed by atoms with Gasteiger partial charge in [0, 0.05) is 19.1 Å². The minimum Gasteiger partial charge on any atom is -0.350 e. The Kier molecular flexibility index (Phi) is 4.47. The molecule has 5 nitrogen and oxygen atoms in total. The van der Waals surface area contributed by atoms with E-state index in [4.69, 9.17) is 0 Å². The molecule has 1 N–H and O–H groups in total. The summed E-state index contributed by atoms with van der Waals surface area (Å²) >= 11 is 0. The average Bonchev–Trinajstić information content (AvgIpc) is 2.37. The van der Waals surface area contributed by atoms with Crippen molar-refractivity contribution in [3.63, 3.8) is 0 Å². The lowest BCUT2D eigenvalue weighted by Crippen LogP contribution is -2.39. The highest BCUT2D eigenvalue weighted by molar-refractivity contribution is 5.26. The molecule has 0 aliphatic carbocycles. The van der Waals surface area contributed by atoms with E-state index in [9.17, 15) is 0 Å². The Morgan fingerprint density at radius 2 is 1.89 bits per heavy atom. The fourth-order valence-electron chi connectivity index (χ4n) is 2.32. The van der Waals surface area contributed by atoms with Crippen LogP contribution in [0, 0.1) is 13.8 Å². The molecule has 1 fully saturated rings. The number of hydrogen-bond acceptors (Lipinski definition) is 5. The Labute approximate surface area is 109 Å². The number of nitrogens with zero attached hydrogens (tertiary/aromatic N) is 4. The van der Waals surface area contributed by atoms with Crippen LogP contribution >= 0.6 is 0 Å². The summed E-state index contributed by atoms with van der Waals surface area (Å²) in [6.45, 7) is 9.70. The maximum absolute atomic E-state index is 4.42. The van der Waals surface area contributed by atoms with Crippen molar-refractivity contribution < 1.29 is 0 Å². The first kappa shape index (κ1) is 13.2. The second-order valence-corrected chi connectivity index (χ2v) is 5.07. The smallest absolute Gasteiger partial charge is 0.243 e. The fourth-order valence-corrected chi connectivity index (χ4v) is 2.32. The van der Waals surface area contributed by atoms with Crippen molar-refractivity contribution in [2.45, 2.75) is 46.1 Å². The highest BCUT2D eigenvalue weighted by Gasteiger charge is 2.19. The standard InChI is InChI=1S/C13H23N5/c1-4-7-18-8-5-12(6-9-18)15-13-14-10(2)11(3)16-17-13/h12H,4-9H2,1-3H3,(H,14,15,17). The number of rotatable bonds is 4. The molecule has 1 aromatic heterocycles. The molecule has 1 aromatic rings. The largest absolute Gasteiger partial charge is 0.350 e. The first-order valence-corrected chi connectivity index (χ1v) is 6.86. The van der Waals surface area contributed by atoms with Gasteiger partial charge in [-0.05, 0) is 39.7 Å². The Morgan fingerprint density at radius 1 is 1.17 bits per heavy atom. The highest BCUT2D eigenvalue weighted by Crippen LogP contribution is 2.14. The van der Waals surface area contributed by atoms with Gasteiger partial charge in [0.2, 0.25) is 5.95 Å². The number of anilines is 1. The zero-order valence-electron chi connectivity index (χ0n) is 11.6. The highest BCUT2D eigenvalue weighted by atomic mass is 15.3. The van der Waals surface area contributed by atoms with Crippen LogP contribution in [-0.4, -0.2) is 45.8 Å². The molecule has 0 spiro atoms. The normalized spacial score (nSPS) is 17.9. The molecule has 2 heterocycles. The molecule has 1 aliphatic heterocycles. The van der Waals surface area contributed by atoms with Crippen molar-refractivity contribution in [3.05, 3.63) is 11.4 Å². The molecule has 0 aromatic carbocycles. The molecule has 0 saturated carbocycles. The Hall–Kier alpha value is -1.23. The third-order valence-corrected chi connectivity index (χ3v) is 3.55. The maximum atomic E-state index is 4.42. The number of hydrogen-bond donors (Lipinski definition) is 1. The number of piperidine rings is 1. The molecule has 0 unspecified atom stereocenters. The molecule has 0 amide bonds. The Balaban J connectivity index is 1.85. The summed E-state index contributed by atoms with van der Waals surface area (Å²) in [5.74, 6) is 0.673. The predicted octanol–water partition coefficient (Wildman–Crippen LogP) is 1.77. The van der Waals surface area contributed by atoms with E-state index in [1.807, 2.05) is 13.8 Å². The van der Waals surface area contributed by atoms with E-state index >= 15 is 0 Å². The first-order chi connectivity index (χ1) is 8.69. The lowest BCUT2D eigenvalue weighted by Gasteiger charge is -2.31. The first-order valence-electron chi connectivity index (χ1n) is 6.86. The van der Waals surface area contributed by atoms with Crippen LogP contribution in [0.2, 0.25) is 0 Å². The number of aryl methyl sites for hydroxylation is 2. The van der Waals surface area contributed by atoms with Crippen LogP contribution in [0.1, 0.15) is 37.6 Å². The summed E-state index contributed by atoms with van der Waals surface area (Å²) in [6, 6.07) is 0.488. The Bertz CT molecular complexity index is 385. The average molecular weight is 249 g/mol. The van der Waals surface area contributed by atoms with Crippen LogP contribution in [0.25, 0.3) is 0 Å². The van der Waals surface area contributed by atoms with E-state index in [0.717, 1.165) is 24.2 Å². The second-order valence-electron chi connectivity index (χ2n) is 5.07. The fraction of sp³-hybridized carbons (Fsp3) is 0.769. The van der Waals surface area contributed by atoms with Crippen LogP contribution in [-0.2, 0) is 0 Å². The van der Waals surface area contributed by atoms with Crippen molar-refractivity contribution in [2.24, 2.45) is 0 Å². The van der Waals surface area contributed by atoms with Crippen molar-refractivity contribution in [1.29, 1.82) is 0 Å². The van der Waals surface area contributed by atoms with E-state index in [-0.39, 0.29) is 0 Å². The molecule has 1 saturated heterocycles. The van der Waals surface area contributed by atoms with Gasteiger partial charge in [-0.3, -0.25) is 0 Å². The quantitative estimate of drug-likeness (QED) is 0.881. The zero-order chi connectivity index (χ0) is 13.0. The SMILES string of the molecule is CCCN1CCC(Nc2nnc(C)c(C)n2)CC1. The van der Waals surface area contributed by atoms with E-state index in [1.165, 1.54) is 26.1 Å². The van der Waals surface area contributed by atoms with Crippen LogP contribution in [0.5, 0.6) is 0 Å². The summed E-state index contributed by atoms with van der Waals surface area (Å²) in [4.78, 5) is 6.95. The molecule has 0 radical (unpaired) electrons. The molecule has 5 heteroatoms. The van der Waals surface area contributed by atoms with Gasteiger partial charge in [0.25, 0.3) is 0 Å². The third kappa shape index (κ3) is 3.38. The Morgan fingerprint density at radius 3 is 2.50 bits per heavy atom. The summed E-state index contributed by atoms with van der Waals surface area (Å²) in [7, 11) is 0. The number of likely N-dealkylation sites (tertiary alicyclic amines) is 1. The van der Waals surface area contributed by atoms with Crippen molar-refractivity contribution in [2.75, 3.05) is 25.0 Å². The number of aromatic nitrogens is 3. The summed E-state index contributed by atoms with van der Waals surface area (Å²) < 4.78 is 0. The van der Waals surface area contributed by atoms with Crippen molar-refractivity contribution in [1.82, 2.24) is 20.1 Å². The van der Waals surface area contributed by atoms with Gasteiger partial charge in [-0.2, -0.15) is 5.10 Å². The van der Waals surface area contributed by atoms with Crippen LogP contribution in [0.4, 0.5) is 5.95 Å². The summed E-state index contributed by atoms with van der Waals surface area (Å²) in [5, 5.41) is 11.6. The summed E-state index contributed by atoms with van der Waals surface area (Å²) in [6.07, 6.45) is 3.56. The lowest BCUT2D eigenvalue weighted by atomic mass is 10.1. The van der Waals surface area contributed by atoms with Crippen molar-refractivity contribution >= 4 is 5.95 Å². The van der Waals surface area contributed by atoms with Crippen LogP contribution in [0.15, 0.2) is 0 Å². The molecule has 2 rings (SSSR count). The zero-order valence-corrected chi connectivity index (χ0v) is 11.6. The third-order valence-electron chi connectivity index (χ3n) is 3.55. The lowest BCUT2D eigenvalue weighted by molar-refractivity contribution is 0.219. The van der Waals surface area contributed by atoms with Crippen LogP contribution < -0.4 is 5.32 Å². The van der Waals surface area contributed by atoms with Gasteiger partial charge < -0.3 is 10.2 Å². The molecular formula is C13H23N5. The van der Waals surface area contributed by atoms with E-state index in [1.54, 1.807) is 0 Å². The summed E-state index contributed by atoms with van der Waals surface area (Å²) in [5.41, 5.74) is 1.86. The monoisotopic (exact) mass is 249 g/mol. The van der Waals surface area contributed by atoms with Gasteiger partial charge in [0.15, 0.2) is 0 Å². The molecule has 18 heavy (non-hydrogen) atoms. The predicted molar refractivity (Wildman–Crippen MR) is 72.7 cm³/mol. The maximum Gasteiger partial charge on any atom is 0.243 e. The van der Waals surface area contributed by atoms with Gasteiger partial charge in [-0.25, -0.2) is 4.98 Å². The molecule has 1 aliphatic rings.